The standard InChI is InChI=1S/C29H39N3O5/c1-6-19(2)24(31-28(36)37-29(3,4)5)27(35)32(21-16-17-21)25(22-14-10-11-15-23(22)33)26(34)30-18-20-12-8-7-9-13-20/h7-15,19,21,24-25,33H,6,16-18H2,1-5H3,(H,30,34)(H,31,36). The fourth-order valence-corrected chi connectivity index (χ4v) is 4.17. The molecular formula is C29H39N3O5. The lowest BCUT2D eigenvalue weighted by Crippen LogP contribution is -2.55. The van der Waals surface area contributed by atoms with E-state index >= 15 is 0 Å². The lowest BCUT2D eigenvalue weighted by atomic mass is 9.95. The van der Waals surface area contributed by atoms with Crippen LogP contribution in [0.2, 0.25) is 0 Å². The van der Waals surface area contributed by atoms with Gasteiger partial charge in [0.25, 0.3) is 0 Å². The summed E-state index contributed by atoms with van der Waals surface area (Å²) in [4.78, 5) is 42.0. The minimum atomic E-state index is -1.06. The molecule has 1 aliphatic rings. The molecule has 0 aromatic heterocycles. The number of phenols is 1. The maximum Gasteiger partial charge on any atom is 0.408 e. The van der Waals surface area contributed by atoms with Gasteiger partial charge in [-0.05, 0) is 51.2 Å². The van der Waals surface area contributed by atoms with Crippen molar-refractivity contribution in [2.24, 2.45) is 5.92 Å². The number of nitrogens with zero attached hydrogens (tertiary/aromatic N) is 1. The molecule has 200 valence electrons. The Hall–Kier alpha value is -3.55. The maximum absolute atomic E-state index is 14.1. The zero-order valence-electron chi connectivity index (χ0n) is 22.4. The average Bonchev–Trinajstić information content (AvgIpc) is 3.69. The molecule has 1 fully saturated rings. The highest BCUT2D eigenvalue weighted by atomic mass is 16.6. The number of phenolic OH excluding ortho intramolecular Hbond substituents is 1. The highest BCUT2D eigenvalue weighted by Gasteiger charge is 2.45. The quantitative estimate of drug-likeness (QED) is 0.431. The van der Waals surface area contributed by atoms with Gasteiger partial charge < -0.3 is 25.4 Å². The molecule has 1 aliphatic carbocycles. The van der Waals surface area contributed by atoms with Crippen LogP contribution in [-0.2, 0) is 20.9 Å². The van der Waals surface area contributed by atoms with Crippen LogP contribution in [0.1, 0.15) is 71.0 Å². The van der Waals surface area contributed by atoms with Crippen LogP contribution < -0.4 is 10.6 Å². The van der Waals surface area contributed by atoms with Crippen LogP contribution in [-0.4, -0.2) is 45.6 Å². The molecule has 0 saturated heterocycles. The number of hydrogen-bond acceptors (Lipinski definition) is 5. The molecule has 3 N–H and O–H groups in total. The monoisotopic (exact) mass is 509 g/mol. The van der Waals surface area contributed by atoms with Crippen LogP contribution in [0.4, 0.5) is 4.79 Å². The highest BCUT2D eigenvalue weighted by molar-refractivity contribution is 5.93. The molecule has 2 aromatic rings. The van der Waals surface area contributed by atoms with E-state index in [1.165, 1.54) is 6.07 Å². The van der Waals surface area contributed by atoms with Crippen LogP contribution in [0.15, 0.2) is 54.6 Å². The van der Waals surface area contributed by atoms with Gasteiger partial charge in [-0.3, -0.25) is 9.59 Å². The number of ether oxygens (including phenoxy) is 1. The molecule has 2 aromatic carbocycles. The predicted molar refractivity (Wildman–Crippen MR) is 142 cm³/mol. The Balaban J connectivity index is 1.95. The minimum Gasteiger partial charge on any atom is -0.508 e. The summed E-state index contributed by atoms with van der Waals surface area (Å²) in [5.41, 5.74) is 0.535. The highest BCUT2D eigenvalue weighted by Crippen LogP contribution is 2.38. The molecule has 3 amide bonds. The Labute approximate surface area is 219 Å². The SMILES string of the molecule is CCC(C)C(NC(=O)OC(C)(C)C)C(=O)N(C1CC1)C(C(=O)NCc1ccccc1)c1ccccc1O. The van der Waals surface area contributed by atoms with E-state index in [9.17, 15) is 19.5 Å². The number of aromatic hydroxyl groups is 1. The summed E-state index contributed by atoms with van der Waals surface area (Å²) in [7, 11) is 0. The number of rotatable bonds is 10. The summed E-state index contributed by atoms with van der Waals surface area (Å²) >= 11 is 0. The van der Waals surface area contributed by atoms with Gasteiger partial charge in [0.15, 0.2) is 0 Å². The van der Waals surface area contributed by atoms with Gasteiger partial charge in [-0.15, -0.1) is 0 Å². The van der Waals surface area contributed by atoms with Crippen LogP contribution in [0.3, 0.4) is 0 Å². The molecule has 1 saturated carbocycles. The third-order valence-corrected chi connectivity index (χ3v) is 6.41. The summed E-state index contributed by atoms with van der Waals surface area (Å²) in [6, 6.07) is 13.9. The van der Waals surface area contributed by atoms with Gasteiger partial charge in [0, 0.05) is 18.2 Å². The van der Waals surface area contributed by atoms with Gasteiger partial charge in [-0.25, -0.2) is 4.79 Å². The van der Waals surface area contributed by atoms with E-state index in [1.54, 1.807) is 43.9 Å². The normalized spacial score (nSPS) is 15.7. The van der Waals surface area contributed by atoms with E-state index < -0.39 is 29.7 Å². The van der Waals surface area contributed by atoms with Crippen LogP contribution in [0.5, 0.6) is 5.75 Å². The largest absolute Gasteiger partial charge is 0.508 e. The van der Waals surface area contributed by atoms with Crippen molar-refractivity contribution in [3.8, 4) is 5.75 Å². The Morgan fingerprint density at radius 1 is 1.05 bits per heavy atom. The molecule has 0 radical (unpaired) electrons. The number of para-hydroxylation sites is 1. The summed E-state index contributed by atoms with van der Waals surface area (Å²) in [5, 5.41) is 16.4. The second-order valence-corrected chi connectivity index (χ2v) is 10.7. The Bertz CT molecular complexity index is 1080. The van der Waals surface area contributed by atoms with Crippen molar-refractivity contribution in [1.82, 2.24) is 15.5 Å². The molecule has 37 heavy (non-hydrogen) atoms. The first-order chi connectivity index (χ1) is 17.5. The number of amides is 3. The molecule has 0 heterocycles. The van der Waals surface area contributed by atoms with Crippen molar-refractivity contribution >= 4 is 17.9 Å². The Morgan fingerprint density at radius 3 is 2.24 bits per heavy atom. The summed E-state index contributed by atoms with van der Waals surface area (Å²) in [6.07, 6.45) is 1.42. The smallest absolute Gasteiger partial charge is 0.408 e. The first kappa shape index (κ1) is 28.0. The lowest BCUT2D eigenvalue weighted by Gasteiger charge is -2.36. The number of carbonyl (C=O) groups excluding carboxylic acids is 3. The fraction of sp³-hybridized carbons (Fsp3) is 0.483. The summed E-state index contributed by atoms with van der Waals surface area (Å²) in [5.74, 6) is -1.05. The summed E-state index contributed by atoms with van der Waals surface area (Å²) in [6.45, 7) is 9.38. The van der Waals surface area contributed by atoms with E-state index in [1.807, 2.05) is 44.2 Å². The average molecular weight is 510 g/mol. The van der Waals surface area contributed by atoms with Crippen molar-refractivity contribution in [3.63, 3.8) is 0 Å². The van der Waals surface area contributed by atoms with Crippen LogP contribution >= 0.6 is 0 Å². The van der Waals surface area contributed by atoms with Gasteiger partial charge >= 0.3 is 6.09 Å². The minimum absolute atomic E-state index is 0.0685. The molecule has 0 aliphatic heterocycles. The van der Waals surface area contributed by atoms with Crippen LogP contribution in [0, 0.1) is 5.92 Å². The van der Waals surface area contributed by atoms with Gasteiger partial charge in [-0.2, -0.15) is 0 Å². The van der Waals surface area contributed by atoms with E-state index in [2.05, 4.69) is 10.6 Å². The van der Waals surface area contributed by atoms with E-state index in [-0.39, 0.29) is 30.2 Å². The lowest BCUT2D eigenvalue weighted by molar-refractivity contribution is -0.144. The molecule has 3 unspecified atom stereocenters. The topological polar surface area (TPSA) is 108 Å². The number of benzene rings is 2. The van der Waals surface area contributed by atoms with E-state index in [0.717, 1.165) is 18.4 Å². The van der Waals surface area contributed by atoms with E-state index in [4.69, 9.17) is 4.74 Å². The molecule has 8 heteroatoms. The first-order valence-electron chi connectivity index (χ1n) is 12.9. The predicted octanol–water partition coefficient (Wildman–Crippen LogP) is 4.68. The van der Waals surface area contributed by atoms with Crippen molar-refractivity contribution in [1.29, 1.82) is 0 Å². The van der Waals surface area contributed by atoms with Gasteiger partial charge in [0.2, 0.25) is 11.8 Å². The van der Waals surface area contributed by atoms with E-state index in [0.29, 0.717) is 12.0 Å². The zero-order chi connectivity index (χ0) is 27.2. The number of nitrogens with one attached hydrogen (secondary N) is 2. The molecule has 3 atom stereocenters. The second-order valence-electron chi connectivity index (χ2n) is 10.7. The number of hydrogen-bond donors (Lipinski definition) is 3. The zero-order valence-corrected chi connectivity index (χ0v) is 22.4. The molecule has 3 rings (SSSR count). The van der Waals surface area contributed by atoms with Crippen molar-refractivity contribution in [2.75, 3.05) is 0 Å². The Morgan fingerprint density at radius 2 is 1.68 bits per heavy atom. The van der Waals surface area contributed by atoms with Crippen molar-refractivity contribution in [3.05, 3.63) is 65.7 Å². The molecule has 8 nitrogen and oxygen atoms in total. The fourth-order valence-electron chi connectivity index (χ4n) is 4.17. The number of alkyl carbamates (subject to hydrolysis) is 1. The second kappa shape index (κ2) is 12.1. The molecule has 0 spiro atoms. The molecular weight excluding hydrogens is 470 g/mol. The third-order valence-electron chi connectivity index (χ3n) is 6.41. The van der Waals surface area contributed by atoms with Crippen LogP contribution in [0.25, 0.3) is 0 Å². The van der Waals surface area contributed by atoms with Gasteiger partial charge in [0.05, 0.1) is 0 Å². The van der Waals surface area contributed by atoms with Gasteiger partial charge in [-0.1, -0.05) is 68.8 Å². The third kappa shape index (κ3) is 7.71. The first-order valence-corrected chi connectivity index (χ1v) is 12.9. The van der Waals surface area contributed by atoms with Crippen molar-refractivity contribution < 1.29 is 24.2 Å². The molecule has 0 bridgehead atoms. The maximum atomic E-state index is 14.1. The van der Waals surface area contributed by atoms with Crippen molar-refractivity contribution in [2.45, 2.75) is 84.2 Å². The van der Waals surface area contributed by atoms with Gasteiger partial charge in [0.1, 0.15) is 23.4 Å². The Kier molecular flexibility index (Phi) is 9.18. The number of carbonyl (C=O) groups is 3. The summed E-state index contributed by atoms with van der Waals surface area (Å²) < 4.78 is 5.43.